The summed E-state index contributed by atoms with van der Waals surface area (Å²) >= 11 is 0. The molecule has 0 bridgehead atoms. The van der Waals surface area contributed by atoms with Crippen LogP contribution in [0.15, 0.2) is 95.9 Å². The maximum absolute atomic E-state index is 12.1. The van der Waals surface area contributed by atoms with Crippen molar-refractivity contribution in [1.82, 2.24) is 24.9 Å². The Labute approximate surface area is 211 Å². The highest BCUT2D eigenvalue weighted by atomic mass is 16.8. The van der Waals surface area contributed by atoms with Gasteiger partial charge in [0.25, 0.3) is 5.69 Å². The molecule has 1 N–H and O–H groups in total. The van der Waals surface area contributed by atoms with Crippen LogP contribution in [0.2, 0.25) is 0 Å². The van der Waals surface area contributed by atoms with Crippen LogP contribution in [0, 0.1) is 12.1 Å². The van der Waals surface area contributed by atoms with Gasteiger partial charge in [0, 0.05) is 16.4 Å². The van der Waals surface area contributed by atoms with Gasteiger partial charge < -0.3 is 15.3 Å². The Morgan fingerprint density at radius 3 is 2.43 bits per heavy atom. The smallest absolute Gasteiger partial charge is 0.255 e. The molecular formula is C27H21N7O3. The molecule has 37 heavy (non-hydrogen) atoms. The number of rotatable bonds is 7. The van der Waals surface area contributed by atoms with E-state index in [1.54, 1.807) is 0 Å². The summed E-state index contributed by atoms with van der Waals surface area (Å²) < 4.78 is 12.5. The average Bonchev–Trinajstić information content (AvgIpc) is 3.49. The van der Waals surface area contributed by atoms with Crippen molar-refractivity contribution in [3.05, 3.63) is 108 Å². The molecule has 0 aliphatic carbocycles. The van der Waals surface area contributed by atoms with Crippen molar-refractivity contribution < 1.29 is 14.3 Å². The van der Waals surface area contributed by atoms with Crippen LogP contribution in [0.1, 0.15) is 11.4 Å². The Kier molecular flexibility index (Phi) is 5.66. The van der Waals surface area contributed by atoms with Crippen LogP contribution in [-0.2, 0) is 6.61 Å². The van der Waals surface area contributed by atoms with E-state index in [2.05, 4.69) is 25.5 Å². The molecular weight excluding hydrogens is 470 g/mol. The third-order valence-corrected chi connectivity index (χ3v) is 5.88. The van der Waals surface area contributed by atoms with Gasteiger partial charge in [-0.1, -0.05) is 48.5 Å². The fourth-order valence-corrected chi connectivity index (χ4v) is 4.09. The second-order valence-corrected chi connectivity index (χ2v) is 8.28. The quantitative estimate of drug-likeness (QED) is 0.318. The van der Waals surface area contributed by atoms with Gasteiger partial charge in [-0.3, -0.25) is 4.63 Å². The molecule has 0 amide bonds. The molecule has 0 unspecified atom stereocenters. The van der Waals surface area contributed by atoms with Crippen molar-refractivity contribution in [3.63, 3.8) is 0 Å². The molecule has 10 heteroatoms. The maximum atomic E-state index is 12.1. The topological polar surface area (TPSA) is 118 Å². The van der Waals surface area contributed by atoms with Gasteiger partial charge in [-0.15, -0.1) is 0 Å². The number of nitrogens with one attached hydrogen (secondary N) is 1. The lowest BCUT2D eigenvalue weighted by atomic mass is 10.1. The molecule has 182 valence electrons. The fraction of sp³-hybridized carbons (Fsp3) is 0.0741. The first-order valence-electron chi connectivity index (χ1n) is 11.6. The molecule has 10 nitrogen and oxygen atoms in total. The number of aryl methyl sites for hydroxylation is 1. The van der Waals surface area contributed by atoms with Gasteiger partial charge in [0.2, 0.25) is 5.69 Å². The van der Waals surface area contributed by atoms with Gasteiger partial charge in [-0.2, -0.15) is 5.10 Å². The molecule has 3 aromatic carbocycles. The zero-order chi connectivity index (χ0) is 25.2. The molecule has 6 aromatic rings. The lowest BCUT2D eigenvalue weighted by Gasteiger charge is -2.09. The normalized spacial score (nSPS) is 11.1. The Hall–Kier alpha value is -5.25. The summed E-state index contributed by atoms with van der Waals surface area (Å²) in [5.74, 6) is 1.24. The third-order valence-electron chi connectivity index (χ3n) is 5.88. The standard InChI is InChI=1S/C27H21N7O3/c1-18-24-26(28-17-29-27(24)33(31-18)21-10-6-3-7-11-21)30-20-12-14-22(15-13-20)36-16-23-25(32-37-34(23)35)19-8-4-2-5-9-19/h2-15,17H,16H2,1H3,(H,28,29,30). The van der Waals surface area contributed by atoms with Crippen LogP contribution in [0.5, 0.6) is 5.75 Å². The van der Waals surface area contributed by atoms with Crippen molar-refractivity contribution in [3.8, 4) is 22.7 Å². The molecule has 6 rings (SSSR count). The first kappa shape index (κ1) is 22.2. The van der Waals surface area contributed by atoms with E-state index in [-0.39, 0.29) is 6.61 Å². The van der Waals surface area contributed by atoms with Gasteiger partial charge in [0.05, 0.1) is 16.8 Å². The second kappa shape index (κ2) is 9.42. The van der Waals surface area contributed by atoms with Crippen molar-refractivity contribution in [2.24, 2.45) is 0 Å². The van der Waals surface area contributed by atoms with Crippen molar-refractivity contribution in [1.29, 1.82) is 0 Å². The second-order valence-electron chi connectivity index (χ2n) is 8.28. The van der Waals surface area contributed by atoms with Gasteiger partial charge >= 0.3 is 0 Å². The van der Waals surface area contributed by atoms with Gasteiger partial charge in [0.1, 0.15) is 17.9 Å². The third kappa shape index (κ3) is 4.31. The Bertz CT molecular complexity index is 1660. The highest BCUT2D eigenvalue weighted by molar-refractivity contribution is 5.91. The van der Waals surface area contributed by atoms with E-state index < -0.39 is 0 Å². The zero-order valence-electron chi connectivity index (χ0n) is 19.8. The summed E-state index contributed by atoms with van der Waals surface area (Å²) in [6, 6.07) is 26.6. The summed E-state index contributed by atoms with van der Waals surface area (Å²) in [5.41, 5.74) is 4.80. The summed E-state index contributed by atoms with van der Waals surface area (Å²) in [5, 5.41) is 24.8. The van der Waals surface area contributed by atoms with Crippen LogP contribution in [0.4, 0.5) is 11.5 Å². The van der Waals surface area contributed by atoms with Crippen LogP contribution in [0.3, 0.4) is 0 Å². The number of ether oxygens (including phenoxy) is 1. The minimum absolute atomic E-state index is 0.00833. The first-order valence-corrected chi connectivity index (χ1v) is 11.6. The summed E-state index contributed by atoms with van der Waals surface area (Å²) in [6.45, 7) is 1.94. The largest absolute Gasteiger partial charge is 0.485 e. The van der Waals surface area contributed by atoms with Crippen LogP contribution < -0.4 is 15.0 Å². The average molecular weight is 492 g/mol. The van der Waals surface area contributed by atoms with Gasteiger partial charge in [-0.05, 0) is 48.2 Å². The maximum Gasteiger partial charge on any atom is 0.255 e. The molecule has 0 atom stereocenters. The van der Waals surface area contributed by atoms with Crippen LogP contribution >= 0.6 is 0 Å². The molecule has 0 aliphatic rings. The number of hydrogen-bond donors (Lipinski definition) is 1. The Morgan fingerprint density at radius 2 is 1.68 bits per heavy atom. The van der Waals surface area contributed by atoms with Gasteiger partial charge in [0.15, 0.2) is 12.3 Å². The molecule has 0 radical (unpaired) electrons. The lowest BCUT2D eigenvalue weighted by molar-refractivity contribution is -0.808. The molecule has 0 fully saturated rings. The predicted octanol–water partition coefficient (Wildman–Crippen LogP) is 4.73. The van der Waals surface area contributed by atoms with E-state index in [0.717, 1.165) is 33.7 Å². The molecule has 3 heterocycles. The number of para-hydroxylation sites is 1. The molecule has 0 aliphatic heterocycles. The first-order chi connectivity index (χ1) is 18.2. The van der Waals surface area contributed by atoms with E-state index in [4.69, 9.17) is 9.37 Å². The minimum Gasteiger partial charge on any atom is -0.485 e. The van der Waals surface area contributed by atoms with E-state index in [1.165, 1.54) is 6.33 Å². The fourth-order valence-electron chi connectivity index (χ4n) is 4.09. The molecule has 3 aromatic heterocycles. The summed E-state index contributed by atoms with van der Waals surface area (Å²) in [4.78, 5) is 9.29. The highest BCUT2D eigenvalue weighted by Crippen LogP contribution is 2.28. The van der Waals surface area contributed by atoms with E-state index in [1.807, 2.05) is 96.5 Å². The van der Waals surface area contributed by atoms with Crippen LogP contribution in [0.25, 0.3) is 28.0 Å². The van der Waals surface area contributed by atoms with Crippen molar-refractivity contribution >= 4 is 22.5 Å². The number of anilines is 2. The van der Waals surface area contributed by atoms with Crippen molar-refractivity contribution in [2.75, 3.05) is 5.32 Å². The molecule has 0 saturated carbocycles. The lowest BCUT2D eigenvalue weighted by Crippen LogP contribution is -2.29. The predicted molar refractivity (Wildman–Crippen MR) is 136 cm³/mol. The Balaban J connectivity index is 1.20. The van der Waals surface area contributed by atoms with E-state index in [9.17, 15) is 5.21 Å². The minimum atomic E-state index is 0.00833. The van der Waals surface area contributed by atoms with Gasteiger partial charge in [-0.25, -0.2) is 14.6 Å². The zero-order valence-corrected chi connectivity index (χ0v) is 19.8. The Morgan fingerprint density at radius 1 is 0.946 bits per heavy atom. The van der Waals surface area contributed by atoms with Crippen molar-refractivity contribution in [2.45, 2.75) is 13.5 Å². The van der Waals surface area contributed by atoms with E-state index in [0.29, 0.717) is 27.9 Å². The number of hydrogen-bond acceptors (Lipinski definition) is 8. The summed E-state index contributed by atoms with van der Waals surface area (Å²) in [7, 11) is 0. The number of aromatic nitrogens is 6. The molecule has 0 saturated heterocycles. The number of nitrogens with zero attached hydrogens (tertiary/aromatic N) is 6. The van der Waals surface area contributed by atoms with E-state index >= 15 is 0 Å². The highest BCUT2D eigenvalue weighted by Gasteiger charge is 2.21. The molecule has 0 spiro atoms. The number of benzene rings is 3. The number of fused-ring (bicyclic) bond motifs is 1. The SMILES string of the molecule is Cc1nn(-c2ccccc2)c2ncnc(Nc3ccc(OCc4c(-c5ccccc5)no[n+]4[O-])cc3)c12. The van der Waals surface area contributed by atoms with Crippen LogP contribution in [-0.4, -0.2) is 24.9 Å². The summed E-state index contributed by atoms with van der Waals surface area (Å²) in [6.07, 6.45) is 1.52. The monoisotopic (exact) mass is 491 g/mol.